The molecule has 1 aliphatic rings. The molecule has 2 aromatic heterocycles. The van der Waals surface area contributed by atoms with Crippen LogP contribution in [-0.4, -0.2) is 28.0 Å². The highest BCUT2D eigenvalue weighted by Crippen LogP contribution is 2.34. The molecule has 4 nitrogen and oxygen atoms in total. The summed E-state index contributed by atoms with van der Waals surface area (Å²) in [6, 6.07) is 21.2. The van der Waals surface area contributed by atoms with Crippen molar-refractivity contribution in [1.29, 1.82) is 0 Å². The van der Waals surface area contributed by atoms with Crippen molar-refractivity contribution in [3.05, 3.63) is 78.9 Å². The van der Waals surface area contributed by atoms with Gasteiger partial charge < -0.3 is 9.88 Å². The number of H-pyrrole nitrogens is 1. The lowest BCUT2D eigenvalue weighted by Gasteiger charge is -2.33. The summed E-state index contributed by atoms with van der Waals surface area (Å²) in [5, 5.41) is 1.23. The van der Waals surface area contributed by atoms with Crippen LogP contribution in [0.1, 0.15) is 24.6 Å². The summed E-state index contributed by atoms with van der Waals surface area (Å²) in [7, 11) is 0. The summed E-state index contributed by atoms with van der Waals surface area (Å²) in [5.74, 6) is 1.65. The average Bonchev–Trinajstić information content (AvgIpc) is 3.29. The van der Waals surface area contributed by atoms with Gasteiger partial charge in [-0.25, -0.2) is 9.97 Å². The molecule has 27 heavy (non-hydrogen) atoms. The number of para-hydroxylation sites is 1. The Hall–Kier alpha value is -3.14. The van der Waals surface area contributed by atoms with E-state index in [0.29, 0.717) is 5.92 Å². The number of aromatic nitrogens is 3. The van der Waals surface area contributed by atoms with Crippen LogP contribution in [0.2, 0.25) is 0 Å². The summed E-state index contributed by atoms with van der Waals surface area (Å²) in [6.07, 6.45) is 6.00. The molecule has 1 saturated heterocycles. The summed E-state index contributed by atoms with van der Waals surface area (Å²) >= 11 is 0. The number of piperidine rings is 1. The molecule has 0 bridgehead atoms. The first kappa shape index (κ1) is 16.1. The largest absolute Gasteiger partial charge is 0.371 e. The second kappa shape index (κ2) is 6.88. The van der Waals surface area contributed by atoms with Crippen molar-refractivity contribution < 1.29 is 0 Å². The van der Waals surface area contributed by atoms with Crippen LogP contribution >= 0.6 is 0 Å². The molecule has 4 heteroatoms. The highest BCUT2D eigenvalue weighted by atomic mass is 15.1. The van der Waals surface area contributed by atoms with Gasteiger partial charge in [-0.15, -0.1) is 0 Å². The molecular weight excluding hydrogens is 332 g/mol. The van der Waals surface area contributed by atoms with E-state index in [1.807, 2.05) is 18.5 Å². The van der Waals surface area contributed by atoms with Gasteiger partial charge in [-0.2, -0.15) is 0 Å². The van der Waals surface area contributed by atoms with E-state index in [0.717, 1.165) is 48.5 Å². The molecule has 3 heterocycles. The fourth-order valence-electron chi connectivity index (χ4n) is 4.07. The number of hydrogen-bond acceptors (Lipinski definition) is 3. The zero-order valence-electron chi connectivity index (χ0n) is 15.2. The lowest BCUT2D eigenvalue weighted by Crippen LogP contribution is -2.33. The Bertz CT molecular complexity index is 1030. The Morgan fingerprint density at radius 3 is 2.48 bits per heavy atom. The van der Waals surface area contributed by atoms with Gasteiger partial charge in [0.25, 0.3) is 0 Å². The van der Waals surface area contributed by atoms with Crippen LogP contribution < -0.4 is 4.90 Å². The van der Waals surface area contributed by atoms with Gasteiger partial charge in [0, 0.05) is 48.0 Å². The molecule has 1 N–H and O–H groups in total. The van der Waals surface area contributed by atoms with Gasteiger partial charge in [0.05, 0.1) is 11.2 Å². The van der Waals surface area contributed by atoms with E-state index in [4.69, 9.17) is 4.98 Å². The number of nitrogens with one attached hydrogen (secondary N) is 1. The third-order valence-corrected chi connectivity index (χ3v) is 5.51. The molecule has 134 valence electrons. The molecule has 0 unspecified atom stereocenters. The highest BCUT2D eigenvalue weighted by molar-refractivity contribution is 5.94. The smallest absolute Gasteiger partial charge is 0.109 e. The van der Waals surface area contributed by atoms with Crippen LogP contribution in [0.25, 0.3) is 22.2 Å². The van der Waals surface area contributed by atoms with E-state index in [-0.39, 0.29) is 0 Å². The van der Waals surface area contributed by atoms with E-state index >= 15 is 0 Å². The predicted molar refractivity (Wildman–Crippen MR) is 110 cm³/mol. The summed E-state index contributed by atoms with van der Waals surface area (Å²) in [4.78, 5) is 15.2. The minimum absolute atomic E-state index is 0.526. The molecule has 4 aromatic rings. The minimum atomic E-state index is 0.526. The van der Waals surface area contributed by atoms with Crippen LogP contribution in [0.4, 0.5) is 5.69 Å². The Labute approximate surface area is 158 Å². The van der Waals surface area contributed by atoms with Crippen LogP contribution in [0.3, 0.4) is 0 Å². The van der Waals surface area contributed by atoms with Crippen molar-refractivity contribution >= 4 is 16.6 Å². The third-order valence-electron chi connectivity index (χ3n) is 5.51. The predicted octanol–water partition coefficient (Wildman–Crippen LogP) is 5.01. The number of imidazole rings is 1. The van der Waals surface area contributed by atoms with E-state index in [1.54, 1.807) is 0 Å². The third kappa shape index (κ3) is 3.08. The first-order valence-electron chi connectivity index (χ1n) is 9.58. The molecule has 0 radical (unpaired) electrons. The van der Waals surface area contributed by atoms with Crippen molar-refractivity contribution in [2.75, 3.05) is 18.0 Å². The van der Waals surface area contributed by atoms with Crippen LogP contribution in [0.15, 0.2) is 73.1 Å². The SMILES string of the molecule is c1ccc(-c2cc(N3CCC(c4ncc[nH]4)CC3)c3ccccc3n2)cc1. The second-order valence-electron chi connectivity index (χ2n) is 7.15. The van der Waals surface area contributed by atoms with Crippen molar-refractivity contribution in [3.8, 4) is 11.3 Å². The summed E-state index contributed by atoms with van der Waals surface area (Å²) < 4.78 is 0. The standard InChI is InChI=1S/C23H22N4/c1-2-6-17(7-3-1)21-16-22(19-8-4-5-9-20(19)26-21)27-14-10-18(11-15-27)23-24-12-13-25-23/h1-9,12-13,16,18H,10-11,14-15H2,(H,24,25). The number of aromatic amines is 1. The Morgan fingerprint density at radius 1 is 0.926 bits per heavy atom. The molecular formula is C23H22N4. The van der Waals surface area contributed by atoms with E-state index in [9.17, 15) is 0 Å². The number of nitrogens with zero attached hydrogens (tertiary/aromatic N) is 3. The lowest BCUT2D eigenvalue weighted by atomic mass is 9.95. The fraction of sp³-hybridized carbons (Fsp3) is 0.217. The Balaban J connectivity index is 1.51. The van der Waals surface area contributed by atoms with E-state index < -0.39 is 0 Å². The maximum absolute atomic E-state index is 4.91. The van der Waals surface area contributed by atoms with Gasteiger partial charge in [0.15, 0.2) is 0 Å². The maximum atomic E-state index is 4.91. The Morgan fingerprint density at radius 2 is 1.70 bits per heavy atom. The molecule has 5 rings (SSSR count). The maximum Gasteiger partial charge on any atom is 0.109 e. The van der Waals surface area contributed by atoms with Crippen LogP contribution in [0, 0.1) is 0 Å². The molecule has 0 spiro atoms. The number of fused-ring (bicyclic) bond motifs is 1. The van der Waals surface area contributed by atoms with E-state index in [2.05, 4.69) is 69.5 Å². The van der Waals surface area contributed by atoms with Crippen molar-refractivity contribution in [3.63, 3.8) is 0 Å². The zero-order valence-corrected chi connectivity index (χ0v) is 15.2. The number of pyridine rings is 1. The molecule has 0 aliphatic carbocycles. The first-order chi connectivity index (χ1) is 13.4. The quantitative estimate of drug-likeness (QED) is 0.562. The van der Waals surface area contributed by atoms with Gasteiger partial charge >= 0.3 is 0 Å². The van der Waals surface area contributed by atoms with Gasteiger partial charge in [0.1, 0.15) is 5.82 Å². The van der Waals surface area contributed by atoms with Gasteiger partial charge in [0.2, 0.25) is 0 Å². The summed E-state index contributed by atoms with van der Waals surface area (Å²) in [5.41, 5.74) is 4.55. The zero-order chi connectivity index (χ0) is 18.1. The number of rotatable bonds is 3. The number of anilines is 1. The monoisotopic (exact) mass is 354 g/mol. The van der Waals surface area contributed by atoms with Crippen molar-refractivity contribution in [1.82, 2.24) is 15.0 Å². The van der Waals surface area contributed by atoms with Gasteiger partial charge in [-0.1, -0.05) is 48.5 Å². The molecule has 0 saturated carbocycles. The molecule has 0 atom stereocenters. The van der Waals surface area contributed by atoms with Crippen molar-refractivity contribution in [2.24, 2.45) is 0 Å². The lowest BCUT2D eigenvalue weighted by molar-refractivity contribution is 0.489. The van der Waals surface area contributed by atoms with Gasteiger partial charge in [-0.05, 0) is 25.0 Å². The topological polar surface area (TPSA) is 44.8 Å². The molecule has 1 aliphatic heterocycles. The van der Waals surface area contributed by atoms with Gasteiger partial charge in [-0.3, -0.25) is 0 Å². The molecule has 1 fully saturated rings. The molecule has 0 amide bonds. The van der Waals surface area contributed by atoms with E-state index in [1.165, 1.54) is 11.1 Å². The second-order valence-corrected chi connectivity index (χ2v) is 7.15. The fourth-order valence-corrected chi connectivity index (χ4v) is 4.07. The normalized spacial score (nSPS) is 15.3. The average molecular weight is 354 g/mol. The van der Waals surface area contributed by atoms with Crippen LogP contribution in [-0.2, 0) is 0 Å². The van der Waals surface area contributed by atoms with Crippen LogP contribution in [0.5, 0.6) is 0 Å². The number of benzene rings is 2. The minimum Gasteiger partial charge on any atom is -0.371 e. The molecule has 2 aromatic carbocycles. The highest BCUT2D eigenvalue weighted by Gasteiger charge is 2.24. The Kier molecular flexibility index (Phi) is 4.09. The first-order valence-corrected chi connectivity index (χ1v) is 9.58. The van der Waals surface area contributed by atoms with Crippen molar-refractivity contribution in [2.45, 2.75) is 18.8 Å². The number of hydrogen-bond donors (Lipinski definition) is 1. The summed E-state index contributed by atoms with van der Waals surface area (Å²) in [6.45, 7) is 2.07.